The van der Waals surface area contributed by atoms with E-state index >= 15 is 0 Å². The van der Waals surface area contributed by atoms with E-state index in [0.29, 0.717) is 0 Å². The quantitative estimate of drug-likeness (QED) is 0.291. The first-order chi connectivity index (χ1) is 17.7. The SMILES string of the molecule is Cc1nc2c3ccc(-c4ccc5c(c4)c4nccnc4c4[nH]c(C)nc54)cc3c3nccnc3c2[nH]1. The van der Waals surface area contributed by atoms with Gasteiger partial charge in [0.15, 0.2) is 0 Å². The van der Waals surface area contributed by atoms with Crippen LogP contribution in [0.5, 0.6) is 0 Å². The zero-order chi connectivity index (χ0) is 24.0. The van der Waals surface area contributed by atoms with Gasteiger partial charge >= 0.3 is 0 Å². The molecule has 0 bridgehead atoms. The summed E-state index contributed by atoms with van der Waals surface area (Å²) < 4.78 is 0. The predicted molar refractivity (Wildman–Crippen MR) is 142 cm³/mol. The Balaban J connectivity index is 1.45. The zero-order valence-electron chi connectivity index (χ0n) is 19.5. The van der Waals surface area contributed by atoms with Gasteiger partial charge in [-0.05, 0) is 37.1 Å². The number of aryl methyl sites for hydroxylation is 2. The Labute approximate surface area is 203 Å². The van der Waals surface area contributed by atoms with Crippen molar-refractivity contribution in [2.75, 3.05) is 0 Å². The molecule has 4 aromatic carbocycles. The van der Waals surface area contributed by atoms with Gasteiger partial charge in [0.05, 0.1) is 33.1 Å². The van der Waals surface area contributed by atoms with Crippen LogP contribution in [0.2, 0.25) is 0 Å². The first-order valence-electron chi connectivity index (χ1n) is 11.7. The number of nitrogens with zero attached hydrogens (tertiary/aromatic N) is 6. The van der Waals surface area contributed by atoms with Crippen LogP contribution in [-0.2, 0) is 0 Å². The fraction of sp³-hybridized carbons (Fsp3) is 0.0714. The number of fused-ring (bicyclic) bond motifs is 12. The normalized spacial score (nSPS) is 12.2. The molecule has 0 aliphatic carbocycles. The van der Waals surface area contributed by atoms with Crippen molar-refractivity contribution in [1.29, 1.82) is 0 Å². The van der Waals surface area contributed by atoms with Gasteiger partial charge in [-0.25, -0.2) is 9.97 Å². The molecule has 4 heterocycles. The molecule has 8 aromatic rings. The number of hydrogen-bond donors (Lipinski definition) is 2. The number of rotatable bonds is 1. The Hall–Kier alpha value is -4.98. The Bertz CT molecular complexity index is 2030. The molecule has 4 aromatic heterocycles. The lowest BCUT2D eigenvalue weighted by Gasteiger charge is -2.10. The monoisotopic (exact) mass is 466 g/mol. The van der Waals surface area contributed by atoms with E-state index in [1.54, 1.807) is 24.8 Å². The molecule has 170 valence electrons. The summed E-state index contributed by atoms with van der Waals surface area (Å²) in [7, 11) is 0. The number of aromatic nitrogens is 8. The van der Waals surface area contributed by atoms with E-state index < -0.39 is 0 Å². The lowest BCUT2D eigenvalue weighted by molar-refractivity contribution is 1.17. The number of hydrogen-bond acceptors (Lipinski definition) is 6. The molecule has 8 heteroatoms. The topological polar surface area (TPSA) is 109 Å². The van der Waals surface area contributed by atoms with Crippen LogP contribution in [0.25, 0.3) is 76.8 Å². The fourth-order valence-corrected chi connectivity index (χ4v) is 5.40. The lowest BCUT2D eigenvalue weighted by atomic mass is 9.96. The molecular weight excluding hydrogens is 448 g/mol. The maximum absolute atomic E-state index is 4.75. The second-order valence-electron chi connectivity index (χ2n) is 9.12. The molecule has 0 saturated carbocycles. The average Bonchev–Trinajstić information content (AvgIpc) is 3.51. The average molecular weight is 467 g/mol. The lowest BCUT2D eigenvalue weighted by Crippen LogP contribution is -1.90. The van der Waals surface area contributed by atoms with Crippen molar-refractivity contribution >= 4 is 65.7 Å². The van der Waals surface area contributed by atoms with Gasteiger partial charge in [-0.1, -0.05) is 24.3 Å². The van der Waals surface area contributed by atoms with Crippen molar-refractivity contribution in [2.45, 2.75) is 13.8 Å². The molecule has 0 saturated heterocycles. The molecule has 2 N–H and O–H groups in total. The van der Waals surface area contributed by atoms with Crippen molar-refractivity contribution in [3.05, 3.63) is 72.8 Å². The van der Waals surface area contributed by atoms with E-state index in [1.807, 2.05) is 13.8 Å². The van der Waals surface area contributed by atoms with E-state index in [0.717, 1.165) is 88.5 Å². The Morgan fingerprint density at radius 1 is 0.472 bits per heavy atom. The molecule has 0 fully saturated rings. The van der Waals surface area contributed by atoms with Crippen molar-refractivity contribution in [3.8, 4) is 11.1 Å². The number of H-pyrrole nitrogens is 2. The molecule has 8 rings (SSSR count). The van der Waals surface area contributed by atoms with Crippen LogP contribution in [0.3, 0.4) is 0 Å². The number of aromatic amines is 2. The summed E-state index contributed by atoms with van der Waals surface area (Å²) in [4.78, 5) is 34.8. The van der Waals surface area contributed by atoms with Crippen LogP contribution in [-0.4, -0.2) is 39.9 Å². The molecular formula is C28H18N8. The minimum absolute atomic E-state index is 0.828. The third kappa shape index (κ3) is 2.52. The summed E-state index contributed by atoms with van der Waals surface area (Å²) in [5.74, 6) is 1.71. The smallest absolute Gasteiger partial charge is 0.115 e. The van der Waals surface area contributed by atoms with Crippen molar-refractivity contribution in [3.63, 3.8) is 0 Å². The number of benzene rings is 4. The summed E-state index contributed by atoms with van der Waals surface area (Å²) in [5.41, 5.74) is 9.21. The largest absolute Gasteiger partial charge is 0.340 e. The highest BCUT2D eigenvalue weighted by Crippen LogP contribution is 2.37. The summed E-state index contributed by atoms with van der Waals surface area (Å²) >= 11 is 0. The molecule has 0 amide bonds. The Morgan fingerprint density at radius 2 is 0.889 bits per heavy atom. The first kappa shape index (κ1) is 19.3. The number of nitrogens with one attached hydrogen (secondary N) is 2. The summed E-state index contributed by atoms with van der Waals surface area (Å²) in [6, 6.07) is 12.9. The molecule has 0 aliphatic heterocycles. The highest BCUT2D eigenvalue weighted by molar-refractivity contribution is 6.23. The summed E-state index contributed by atoms with van der Waals surface area (Å²) in [6.07, 6.45) is 6.92. The molecule has 0 atom stereocenters. The summed E-state index contributed by atoms with van der Waals surface area (Å²) in [5, 5.41) is 4.16. The third-order valence-electron chi connectivity index (χ3n) is 6.91. The molecule has 0 radical (unpaired) electrons. The van der Waals surface area contributed by atoms with Gasteiger partial charge in [-0.2, -0.15) is 0 Å². The van der Waals surface area contributed by atoms with Crippen LogP contribution in [0.1, 0.15) is 11.6 Å². The van der Waals surface area contributed by atoms with E-state index in [-0.39, 0.29) is 0 Å². The van der Waals surface area contributed by atoms with Gasteiger partial charge in [-0.15, -0.1) is 0 Å². The van der Waals surface area contributed by atoms with Gasteiger partial charge in [0.2, 0.25) is 0 Å². The van der Waals surface area contributed by atoms with Gasteiger partial charge in [0, 0.05) is 46.3 Å². The molecule has 36 heavy (non-hydrogen) atoms. The van der Waals surface area contributed by atoms with Crippen LogP contribution in [0.15, 0.2) is 61.2 Å². The van der Waals surface area contributed by atoms with Gasteiger partial charge in [-0.3, -0.25) is 19.9 Å². The highest BCUT2D eigenvalue weighted by Gasteiger charge is 2.17. The van der Waals surface area contributed by atoms with E-state index in [1.165, 1.54) is 0 Å². The Morgan fingerprint density at radius 3 is 1.33 bits per heavy atom. The van der Waals surface area contributed by atoms with E-state index in [9.17, 15) is 0 Å². The number of imidazole rings is 2. The van der Waals surface area contributed by atoms with Crippen LogP contribution >= 0.6 is 0 Å². The van der Waals surface area contributed by atoms with E-state index in [4.69, 9.17) is 19.9 Å². The van der Waals surface area contributed by atoms with Gasteiger partial charge < -0.3 is 9.97 Å². The molecule has 0 unspecified atom stereocenters. The van der Waals surface area contributed by atoms with Crippen LogP contribution in [0, 0.1) is 13.8 Å². The highest BCUT2D eigenvalue weighted by atomic mass is 14.9. The third-order valence-corrected chi connectivity index (χ3v) is 6.91. The zero-order valence-corrected chi connectivity index (χ0v) is 19.5. The maximum atomic E-state index is 4.75. The second kappa shape index (κ2) is 6.79. The van der Waals surface area contributed by atoms with Crippen LogP contribution in [0.4, 0.5) is 0 Å². The first-order valence-corrected chi connectivity index (χ1v) is 11.7. The van der Waals surface area contributed by atoms with E-state index in [2.05, 4.69) is 56.3 Å². The minimum Gasteiger partial charge on any atom is -0.340 e. The predicted octanol–water partition coefficient (Wildman–Crippen LogP) is 5.92. The minimum atomic E-state index is 0.828. The maximum Gasteiger partial charge on any atom is 0.115 e. The van der Waals surface area contributed by atoms with Gasteiger partial charge in [0.25, 0.3) is 0 Å². The van der Waals surface area contributed by atoms with Crippen molar-refractivity contribution < 1.29 is 0 Å². The second-order valence-corrected chi connectivity index (χ2v) is 9.12. The van der Waals surface area contributed by atoms with Crippen LogP contribution < -0.4 is 0 Å². The summed E-state index contributed by atoms with van der Waals surface area (Å²) in [6.45, 7) is 3.92. The fourth-order valence-electron chi connectivity index (χ4n) is 5.40. The molecule has 0 spiro atoms. The van der Waals surface area contributed by atoms with Gasteiger partial charge in [0.1, 0.15) is 22.7 Å². The van der Waals surface area contributed by atoms with Crippen molar-refractivity contribution in [2.24, 2.45) is 0 Å². The Kier molecular flexibility index (Phi) is 3.65. The molecule has 8 nitrogen and oxygen atoms in total. The van der Waals surface area contributed by atoms with Crippen molar-refractivity contribution in [1.82, 2.24) is 39.9 Å². The molecule has 0 aliphatic rings. The standard InChI is InChI=1S/C28H18N8/c1-13-33-23-17-5-3-15(11-19(17)21-25(27(23)35-13)31-9-7-29-21)16-4-6-18-20(12-16)22-26(32-10-8-30-22)28-24(18)34-14(2)36-28/h3-12H,1-2H3,(H,33,35)(H,34,36).